The quantitative estimate of drug-likeness (QED) is 0.591. The van der Waals surface area contributed by atoms with Gasteiger partial charge in [0.25, 0.3) is 5.56 Å². The maximum atomic E-state index is 11.7. The van der Waals surface area contributed by atoms with E-state index in [1.54, 1.807) is 6.07 Å². The number of rotatable bonds is 3. The molecule has 0 saturated carbocycles. The Labute approximate surface area is 113 Å². The van der Waals surface area contributed by atoms with Crippen LogP contribution in [0.1, 0.15) is 18.2 Å². The number of aromatic nitrogens is 2. The van der Waals surface area contributed by atoms with Crippen molar-refractivity contribution < 1.29 is 14.9 Å². The molecule has 3 N–H and O–H groups in total. The summed E-state index contributed by atoms with van der Waals surface area (Å²) in [6.45, 7) is -0.364. The summed E-state index contributed by atoms with van der Waals surface area (Å²) in [6.07, 6.45) is 1.33. The van der Waals surface area contributed by atoms with Crippen molar-refractivity contribution in [2.24, 2.45) is 0 Å². The molecular formula is C12H13N3O5. The van der Waals surface area contributed by atoms with Gasteiger partial charge in [0.05, 0.1) is 24.3 Å². The summed E-state index contributed by atoms with van der Waals surface area (Å²) in [5.41, 5.74) is -1.17. The highest BCUT2D eigenvalue weighted by atomic mass is 16.5. The summed E-state index contributed by atoms with van der Waals surface area (Å²) in [6, 6.07) is 1.75. The SMILES string of the molecule is N#CC=Cc1cn(C2CC(O)C(CO)O2)c(=O)[nH]c1=O. The van der Waals surface area contributed by atoms with E-state index in [9.17, 15) is 14.7 Å². The molecule has 0 bridgehead atoms. The molecule has 3 atom stereocenters. The lowest BCUT2D eigenvalue weighted by atomic mass is 10.2. The Hall–Kier alpha value is -2.21. The number of allylic oxidation sites excluding steroid dienone is 1. The molecule has 1 fully saturated rings. The van der Waals surface area contributed by atoms with Gasteiger partial charge in [0.2, 0.25) is 0 Å². The van der Waals surface area contributed by atoms with Gasteiger partial charge in [-0.2, -0.15) is 5.26 Å². The number of ether oxygens (including phenoxy) is 1. The van der Waals surface area contributed by atoms with Gasteiger partial charge in [-0.15, -0.1) is 0 Å². The normalized spacial score (nSPS) is 25.9. The minimum atomic E-state index is -0.887. The Kier molecular flexibility index (Phi) is 4.14. The summed E-state index contributed by atoms with van der Waals surface area (Å²) in [7, 11) is 0. The number of hydrogen-bond acceptors (Lipinski definition) is 6. The number of aliphatic hydroxyl groups is 2. The lowest BCUT2D eigenvalue weighted by Gasteiger charge is -2.14. The van der Waals surface area contributed by atoms with Crippen LogP contribution in [0.4, 0.5) is 0 Å². The maximum absolute atomic E-state index is 11.7. The predicted molar refractivity (Wildman–Crippen MR) is 67.6 cm³/mol. The van der Waals surface area contributed by atoms with Crippen LogP contribution in [0.2, 0.25) is 0 Å². The number of aromatic amines is 1. The van der Waals surface area contributed by atoms with E-state index in [0.717, 1.165) is 10.6 Å². The molecule has 1 aromatic rings. The summed E-state index contributed by atoms with van der Waals surface area (Å²) in [4.78, 5) is 25.4. The fraction of sp³-hybridized carbons (Fsp3) is 0.417. The lowest BCUT2D eigenvalue weighted by molar-refractivity contribution is -0.0459. The van der Waals surface area contributed by atoms with E-state index in [1.165, 1.54) is 12.3 Å². The summed E-state index contributed by atoms with van der Waals surface area (Å²) < 4.78 is 6.46. The van der Waals surface area contributed by atoms with Crippen LogP contribution >= 0.6 is 0 Å². The predicted octanol–water partition coefficient (Wildman–Crippen LogP) is -1.29. The summed E-state index contributed by atoms with van der Waals surface area (Å²) in [5.74, 6) is 0. The fourth-order valence-electron chi connectivity index (χ4n) is 2.01. The van der Waals surface area contributed by atoms with Gasteiger partial charge >= 0.3 is 5.69 Å². The third-order valence-electron chi connectivity index (χ3n) is 3.03. The lowest BCUT2D eigenvalue weighted by Crippen LogP contribution is -2.33. The molecular weight excluding hydrogens is 266 g/mol. The second-order valence-corrected chi connectivity index (χ2v) is 4.33. The van der Waals surface area contributed by atoms with Crippen LogP contribution < -0.4 is 11.2 Å². The van der Waals surface area contributed by atoms with Crippen LogP contribution in [0, 0.1) is 11.3 Å². The average molecular weight is 279 g/mol. The van der Waals surface area contributed by atoms with E-state index in [-0.39, 0.29) is 18.6 Å². The van der Waals surface area contributed by atoms with Gasteiger partial charge in [0, 0.05) is 18.7 Å². The number of aliphatic hydroxyl groups excluding tert-OH is 2. The zero-order valence-corrected chi connectivity index (χ0v) is 10.4. The van der Waals surface area contributed by atoms with Gasteiger partial charge in [-0.25, -0.2) is 4.79 Å². The number of nitriles is 1. The highest BCUT2D eigenvalue weighted by Crippen LogP contribution is 2.27. The minimum absolute atomic E-state index is 0.122. The van der Waals surface area contributed by atoms with Crippen LogP contribution in [-0.4, -0.2) is 38.6 Å². The first-order valence-electron chi connectivity index (χ1n) is 5.93. The number of nitrogens with one attached hydrogen (secondary N) is 1. The van der Waals surface area contributed by atoms with Gasteiger partial charge in [-0.1, -0.05) is 0 Å². The van der Waals surface area contributed by atoms with Gasteiger partial charge in [0.1, 0.15) is 12.3 Å². The molecule has 1 aliphatic rings. The van der Waals surface area contributed by atoms with Crippen LogP contribution in [0.15, 0.2) is 21.9 Å². The van der Waals surface area contributed by atoms with Crippen molar-refractivity contribution in [1.82, 2.24) is 9.55 Å². The Bertz CT molecular complexity index is 669. The zero-order chi connectivity index (χ0) is 14.7. The molecule has 8 nitrogen and oxygen atoms in total. The first kappa shape index (κ1) is 14.2. The first-order chi connectivity index (χ1) is 9.56. The van der Waals surface area contributed by atoms with Crippen molar-refractivity contribution in [1.29, 1.82) is 5.26 Å². The third kappa shape index (κ3) is 2.70. The van der Waals surface area contributed by atoms with E-state index >= 15 is 0 Å². The van der Waals surface area contributed by atoms with E-state index in [0.29, 0.717) is 0 Å². The van der Waals surface area contributed by atoms with Crippen LogP contribution in [0.25, 0.3) is 6.08 Å². The second kappa shape index (κ2) is 5.83. The van der Waals surface area contributed by atoms with E-state index in [2.05, 4.69) is 4.98 Å². The van der Waals surface area contributed by atoms with Gasteiger partial charge < -0.3 is 14.9 Å². The van der Waals surface area contributed by atoms with Crippen molar-refractivity contribution >= 4 is 6.08 Å². The van der Waals surface area contributed by atoms with Crippen molar-refractivity contribution in [2.75, 3.05) is 6.61 Å². The zero-order valence-electron chi connectivity index (χ0n) is 10.4. The number of nitrogens with zero attached hydrogens (tertiary/aromatic N) is 2. The van der Waals surface area contributed by atoms with Crippen LogP contribution in [0.5, 0.6) is 0 Å². The molecule has 3 unspecified atom stereocenters. The maximum Gasteiger partial charge on any atom is 0.330 e. The molecule has 2 heterocycles. The molecule has 1 saturated heterocycles. The largest absolute Gasteiger partial charge is 0.394 e. The number of H-pyrrole nitrogens is 1. The van der Waals surface area contributed by atoms with E-state index in [1.807, 2.05) is 0 Å². The molecule has 0 amide bonds. The molecule has 0 aliphatic carbocycles. The molecule has 0 spiro atoms. The molecule has 20 heavy (non-hydrogen) atoms. The van der Waals surface area contributed by atoms with Crippen LogP contribution in [-0.2, 0) is 4.74 Å². The standard InChI is InChI=1S/C12H13N3O5/c13-3-1-2-7-5-15(12(19)14-11(7)18)10-4-8(17)9(6-16)20-10/h1-2,5,8-10,16-17H,4,6H2,(H,14,18,19). The Morgan fingerprint density at radius 2 is 2.35 bits per heavy atom. The third-order valence-corrected chi connectivity index (χ3v) is 3.03. The Balaban J connectivity index is 2.38. The van der Waals surface area contributed by atoms with Gasteiger partial charge in [-0.05, 0) is 6.08 Å². The molecule has 1 aromatic heterocycles. The Morgan fingerprint density at radius 1 is 1.60 bits per heavy atom. The van der Waals surface area contributed by atoms with Crippen LogP contribution in [0.3, 0.4) is 0 Å². The van der Waals surface area contributed by atoms with Gasteiger partial charge in [0.15, 0.2) is 0 Å². The highest BCUT2D eigenvalue weighted by Gasteiger charge is 2.35. The fourth-order valence-corrected chi connectivity index (χ4v) is 2.01. The van der Waals surface area contributed by atoms with Crippen molar-refractivity contribution in [3.8, 4) is 6.07 Å². The van der Waals surface area contributed by atoms with Crippen molar-refractivity contribution in [3.63, 3.8) is 0 Å². The van der Waals surface area contributed by atoms with Crippen molar-refractivity contribution in [3.05, 3.63) is 38.7 Å². The smallest absolute Gasteiger partial charge is 0.330 e. The van der Waals surface area contributed by atoms with Crippen molar-refractivity contribution in [2.45, 2.75) is 24.9 Å². The van der Waals surface area contributed by atoms with E-state index < -0.39 is 29.7 Å². The minimum Gasteiger partial charge on any atom is -0.394 e. The summed E-state index contributed by atoms with van der Waals surface area (Å²) >= 11 is 0. The molecule has 8 heteroatoms. The molecule has 106 valence electrons. The Morgan fingerprint density at radius 3 is 2.95 bits per heavy atom. The topological polar surface area (TPSA) is 128 Å². The number of hydrogen-bond donors (Lipinski definition) is 3. The highest BCUT2D eigenvalue weighted by molar-refractivity contribution is 5.49. The molecule has 0 radical (unpaired) electrons. The molecule has 1 aliphatic heterocycles. The molecule has 2 rings (SSSR count). The second-order valence-electron chi connectivity index (χ2n) is 4.33. The van der Waals surface area contributed by atoms with Gasteiger partial charge in [-0.3, -0.25) is 14.3 Å². The molecule has 0 aromatic carbocycles. The average Bonchev–Trinajstić information content (AvgIpc) is 2.79. The van der Waals surface area contributed by atoms with E-state index in [4.69, 9.17) is 15.1 Å². The summed E-state index contributed by atoms with van der Waals surface area (Å²) in [5, 5.41) is 27.1. The first-order valence-corrected chi connectivity index (χ1v) is 5.93. The monoisotopic (exact) mass is 279 g/mol.